The van der Waals surface area contributed by atoms with E-state index in [1.54, 1.807) is 13.8 Å². The van der Waals surface area contributed by atoms with Crippen molar-refractivity contribution in [2.45, 2.75) is 33.0 Å². The average Bonchev–Trinajstić information content (AvgIpc) is 2.13. The molecule has 0 saturated heterocycles. The van der Waals surface area contributed by atoms with E-state index in [0.29, 0.717) is 0 Å². The molecule has 0 fully saturated rings. The van der Waals surface area contributed by atoms with Crippen LogP contribution in [0, 0.1) is 0 Å². The summed E-state index contributed by atoms with van der Waals surface area (Å²) in [5.74, 6) is -1.57. The van der Waals surface area contributed by atoms with Crippen molar-refractivity contribution in [1.29, 1.82) is 0 Å². The Hall–Kier alpha value is -1.56. The molecule has 0 saturated carbocycles. The van der Waals surface area contributed by atoms with E-state index in [-0.39, 0.29) is 11.9 Å². The van der Waals surface area contributed by atoms with Crippen LogP contribution in [-0.4, -0.2) is 29.2 Å². The number of hydrogen-bond acceptors (Lipinski definition) is 4. The van der Waals surface area contributed by atoms with Crippen LogP contribution >= 0.6 is 0 Å². The second kappa shape index (κ2) is 6.02. The summed E-state index contributed by atoms with van der Waals surface area (Å²) in [7, 11) is 0. The molecule has 1 amide bonds. The molecule has 0 bridgehead atoms. The third-order valence-corrected chi connectivity index (χ3v) is 1.63. The van der Waals surface area contributed by atoms with Crippen LogP contribution in [0.25, 0.3) is 0 Å². The molecule has 0 spiro atoms. The van der Waals surface area contributed by atoms with Crippen LogP contribution in [0.5, 0.6) is 0 Å². The minimum absolute atomic E-state index is 0.262. The fraction of sp³-hybridized carbons (Fsp3) is 0.556. The van der Waals surface area contributed by atoms with Crippen molar-refractivity contribution >= 4 is 11.9 Å². The molecule has 2 atom stereocenters. The number of nitrogens with one attached hydrogen (secondary N) is 2. The Balaban J connectivity index is 4.36. The maximum absolute atomic E-state index is 11.5. The number of carboxylic acids is 1. The van der Waals surface area contributed by atoms with E-state index in [1.807, 2.05) is 0 Å². The summed E-state index contributed by atoms with van der Waals surface area (Å²) in [4.78, 5) is 22.0. The number of allylic oxidation sites excluding steroid dienone is 1. The van der Waals surface area contributed by atoms with Crippen molar-refractivity contribution in [3.05, 3.63) is 11.8 Å². The van der Waals surface area contributed by atoms with Crippen LogP contribution in [0.15, 0.2) is 11.8 Å². The Labute approximate surface area is 88.5 Å². The van der Waals surface area contributed by atoms with Crippen molar-refractivity contribution in [3.8, 4) is 0 Å². The predicted molar refractivity (Wildman–Crippen MR) is 55.8 cm³/mol. The summed E-state index contributed by atoms with van der Waals surface area (Å²) >= 11 is 0. The quantitative estimate of drug-likeness (QED) is 0.361. The van der Waals surface area contributed by atoms with Crippen molar-refractivity contribution in [1.82, 2.24) is 10.6 Å². The smallest absolute Gasteiger partial charge is 0.325 e. The lowest BCUT2D eigenvalue weighted by Gasteiger charge is -2.15. The van der Waals surface area contributed by atoms with E-state index in [4.69, 9.17) is 10.8 Å². The van der Waals surface area contributed by atoms with Crippen molar-refractivity contribution < 1.29 is 14.7 Å². The van der Waals surface area contributed by atoms with Crippen LogP contribution in [0.4, 0.5) is 0 Å². The molecule has 0 heterocycles. The largest absolute Gasteiger partial charge is 0.480 e. The Morgan fingerprint density at radius 1 is 1.33 bits per heavy atom. The van der Waals surface area contributed by atoms with Crippen LogP contribution in [-0.2, 0) is 9.59 Å². The zero-order valence-electron chi connectivity index (χ0n) is 9.07. The molecule has 0 aliphatic carbocycles. The minimum atomic E-state index is -1.08. The van der Waals surface area contributed by atoms with Gasteiger partial charge < -0.3 is 21.5 Å². The lowest BCUT2D eigenvalue weighted by molar-refractivity contribution is -0.140. The first-order chi connectivity index (χ1) is 6.88. The molecule has 0 aromatic carbocycles. The van der Waals surface area contributed by atoms with Crippen LogP contribution in [0.1, 0.15) is 20.8 Å². The maximum Gasteiger partial charge on any atom is 0.325 e. The first-order valence-electron chi connectivity index (χ1n) is 4.60. The molecule has 5 N–H and O–H groups in total. The van der Waals surface area contributed by atoms with Gasteiger partial charge in [0.05, 0.1) is 11.9 Å². The van der Waals surface area contributed by atoms with Gasteiger partial charge in [0, 0.05) is 0 Å². The number of nitrogens with two attached hydrogens (primary N) is 1. The van der Waals surface area contributed by atoms with Crippen molar-refractivity contribution in [3.63, 3.8) is 0 Å². The number of aliphatic carboxylic acids is 1. The molecule has 0 radical (unpaired) electrons. The van der Waals surface area contributed by atoms with E-state index >= 15 is 0 Å². The van der Waals surface area contributed by atoms with Gasteiger partial charge in [0.15, 0.2) is 0 Å². The fourth-order valence-electron chi connectivity index (χ4n) is 0.861. The highest BCUT2D eigenvalue weighted by Crippen LogP contribution is 1.92. The summed E-state index contributed by atoms with van der Waals surface area (Å²) < 4.78 is 0. The number of amides is 1. The average molecular weight is 215 g/mol. The third-order valence-electron chi connectivity index (χ3n) is 1.63. The summed E-state index contributed by atoms with van der Waals surface area (Å²) in [5, 5.41) is 13.6. The van der Waals surface area contributed by atoms with Crippen LogP contribution in [0.3, 0.4) is 0 Å². The van der Waals surface area contributed by atoms with Gasteiger partial charge in [-0.05, 0) is 20.8 Å². The van der Waals surface area contributed by atoms with E-state index in [1.165, 1.54) is 13.0 Å². The van der Waals surface area contributed by atoms with Crippen LogP contribution < -0.4 is 16.4 Å². The lowest BCUT2D eigenvalue weighted by atomic mass is 10.3. The maximum atomic E-state index is 11.5. The molecule has 0 aliphatic heterocycles. The molecule has 0 rings (SSSR count). The van der Waals surface area contributed by atoms with Gasteiger partial charge in [0.2, 0.25) is 0 Å². The SMILES string of the molecule is C/C=C(\NC(C)N)C(=O)N[C@@H](C)C(=O)O. The van der Waals surface area contributed by atoms with Gasteiger partial charge >= 0.3 is 5.97 Å². The van der Waals surface area contributed by atoms with E-state index in [9.17, 15) is 9.59 Å². The molecule has 6 heteroatoms. The Kier molecular flexibility index (Phi) is 5.40. The van der Waals surface area contributed by atoms with E-state index in [0.717, 1.165) is 0 Å². The number of carboxylic acid groups (broad SMARTS) is 1. The molecular formula is C9H17N3O3. The monoisotopic (exact) mass is 215 g/mol. The lowest BCUT2D eigenvalue weighted by Crippen LogP contribution is -2.44. The minimum Gasteiger partial charge on any atom is -0.480 e. The highest BCUT2D eigenvalue weighted by molar-refractivity contribution is 5.95. The molecule has 0 aromatic heterocycles. The fourth-order valence-corrected chi connectivity index (χ4v) is 0.861. The van der Waals surface area contributed by atoms with Gasteiger partial charge in [0.25, 0.3) is 5.91 Å². The predicted octanol–water partition coefficient (Wildman–Crippen LogP) is -0.626. The van der Waals surface area contributed by atoms with E-state index < -0.39 is 17.9 Å². The topological polar surface area (TPSA) is 104 Å². The molecule has 86 valence electrons. The second-order valence-corrected chi connectivity index (χ2v) is 3.17. The van der Waals surface area contributed by atoms with Gasteiger partial charge in [-0.25, -0.2) is 0 Å². The Morgan fingerprint density at radius 2 is 1.87 bits per heavy atom. The first-order valence-corrected chi connectivity index (χ1v) is 4.60. The highest BCUT2D eigenvalue weighted by atomic mass is 16.4. The number of carbonyl (C=O) groups excluding carboxylic acids is 1. The molecule has 0 aromatic rings. The normalized spacial score (nSPS) is 15.3. The van der Waals surface area contributed by atoms with Gasteiger partial charge in [-0.1, -0.05) is 6.08 Å². The highest BCUT2D eigenvalue weighted by Gasteiger charge is 2.16. The number of rotatable bonds is 5. The standard InChI is InChI=1S/C9H17N3O3/c1-4-7(12-6(3)10)8(13)11-5(2)9(14)15/h4-6,12H,10H2,1-3H3,(H,11,13)(H,14,15)/b7-4-/t5-,6?/m0/s1. The van der Waals surface area contributed by atoms with Gasteiger partial charge in [0.1, 0.15) is 6.04 Å². The van der Waals surface area contributed by atoms with Crippen molar-refractivity contribution in [2.75, 3.05) is 0 Å². The Morgan fingerprint density at radius 3 is 2.20 bits per heavy atom. The zero-order valence-corrected chi connectivity index (χ0v) is 9.07. The number of hydrogen-bond donors (Lipinski definition) is 4. The first kappa shape index (κ1) is 13.4. The molecule has 0 aliphatic rings. The number of carbonyl (C=O) groups is 2. The molecule has 1 unspecified atom stereocenters. The van der Waals surface area contributed by atoms with E-state index in [2.05, 4.69) is 10.6 Å². The van der Waals surface area contributed by atoms with Gasteiger partial charge in [-0.3, -0.25) is 9.59 Å². The molecule has 15 heavy (non-hydrogen) atoms. The zero-order chi connectivity index (χ0) is 12.0. The third kappa shape index (κ3) is 5.02. The molecule has 6 nitrogen and oxygen atoms in total. The van der Waals surface area contributed by atoms with Gasteiger partial charge in [-0.15, -0.1) is 0 Å². The summed E-state index contributed by atoms with van der Waals surface area (Å²) in [6, 6.07) is -0.928. The Bertz CT molecular complexity index is 274. The molecular weight excluding hydrogens is 198 g/mol. The van der Waals surface area contributed by atoms with Crippen LogP contribution in [0.2, 0.25) is 0 Å². The van der Waals surface area contributed by atoms with Gasteiger partial charge in [-0.2, -0.15) is 0 Å². The second-order valence-electron chi connectivity index (χ2n) is 3.17. The van der Waals surface area contributed by atoms with Crippen molar-refractivity contribution in [2.24, 2.45) is 5.73 Å². The summed E-state index contributed by atoms with van der Waals surface area (Å²) in [6.45, 7) is 4.73. The summed E-state index contributed by atoms with van der Waals surface area (Å²) in [6.07, 6.45) is 1.16. The summed E-state index contributed by atoms with van der Waals surface area (Å²) in [5.41, 5.74) is 5.71.